The van der Waals surface area contributed by atoms with Crippen molar-refractivity contribution in [3.8, 4) is 0 Å². The van der Waals surface area contributed by atoms with Crippen LogP contribution < -0.4 is 0 Å². The molecule has 0 amide bonds. The van der Waals surface area contributed by atoms with E-state index in [4.69, 9.17) is 0 Å². The summed E-state index contributed by atoms with van der Waals surface area (Å²) in [5, 5.41) is 11.1. The third kappa shape index (κ3) is 2.07. The summed E-state index contributed by atoms with van der Waals surface area (Å²) in [5.74, 6) is 1.39. The molecule has 3 unspecified atom stereocenters. The van der Waals surface area contributed by atoms with Gasteiger partial charge < -0.3 is 5.11 Å². The van der Waals surface area contributed by atoms with Crippen LogP contribution in [-0.2, 0) is 0 Å². The van der Waals surface area contributed by atoms with E-state index in [1.807, 2.05) is 0 Å². The fraction of sp³-hybridized carbons (Fsp3) is 0.875. The van der Waals surface area contributed by atoms with E-state index >= 15 is 0 Å². The largest absolute Gasteiger partial charge is 0.389 e. The number of hydrogen-bond acceptors (Lipinski definition) is 1. The van der Waals surface area contributed by atoms with Crippen LogP contribution in [0.5, 0.6) is 0 Å². The van der Waals surface area contributed by atoms with Gasteiger partial charge in [-0.2, -0.15) is 0 Å². The molecule has 2 rings (SSSR count). The van der Waals surface area contributed by atoms with Crippen molar-refractivity contribution in [1.82, 2.24) is 0 Å². The summed E-state index contributed by atoms with van der Waals surface area (Å²) in [7, 11) is 0. The fourth-order valence-corrected chi connectivity index (χ4v) is 4.67. The van der Waals surface area contributed by atoms with E-state index in [0.29, 0.717) is 5.92 Å². The minimum atomic E-state index is -0.449. The molecule has 0 heterocycles. The topological polar surface area (TPSA) is 20.2 Å². The van der Waals surface area contributed by atoms with Gasteiger partial charge in [-0.1, -0.05) is 39.3 Å². The van der Waals surface area contributed by atoms with Crippen molar-refractivity contribution in [2.45, 2.75) is 71.8 Å². The lowest BCUT2D eigenvalue weighted by atomic mass is 9.53. The molecule has 0 spiro atoms. The molecular formula is C16H28O. The van der Waals surface area contributed by atoms with Gasteiger partial charge in [-0.25, -0.2) is 0 Å². The molecule has 1 saturated carbocycles. The molecule has 0 aliphatic heterocycles. The molecule has 1 fully saturated rings. The Kier molecular flexibility index (Phi) is 3.42. The second-order valence-electron chi connectivity index (χ2n) is 6.72. The smallest absolute Gasteiger partial charge is 0.0701 e. The van der Waals surface area contributed by atoms with Gasteiger partial charge in [0, 0.05) is 5.41 Å². The van der Waals surface area contributed by atoms with Gasteiger partial charge in [0.15, 0.2) is 0 Å². The number of fused-ring (bicyclic) bond motifs is 2. The Hall–Kier alpha value is -0.300. The van der Waals surface area contributed by atoms with Gasteiger partial charge in [0.05, 0.1) is 5.60 Å². The zero-order valence-electron chi connectivity index (χ0n) is 11.9. The molecule has 1 N–H and O–H groups in total. The summed E-state index contributed by atoms with van der Waals surface area (Å²) < 4.78 is 0. The van der Waals surface area contributed by atoms with Crippen LogP contribution in [-0.4, -0.2) is 10.7 Å². The van der Waals surface area contributed by atoms with E-state index in [-0.39, 0.29) is 5.41 Å². The lowest BCUT2D eigenvalue weighted by molar-refractivity contribution is -0.121. The molecule has 0 aromatic heterocycles. The summed E-state index contributed by atoms with van der Waals surface area (Å²) in [4.78, 5) is 0. The predicted octanol–water partition coefficient (Wildman–Crippen LogP) is 4.31. The standard InChI is InChI=1S/C16H28O/c1-5-16(17,6-2)15-9-12(3)7-14(11-15)8-13(4)10-15/h7,12-13,17H,5-6,8-11H2,1-4H3. The average molecular weight is 236 g/mol. The summed E-state index contributed by atoms with van der Waals surface area (Å²) >= 11 is 0. The van der Waals surface area contributed by atoms with Gasteiger partial charge in [-0.05, 0) is 50.4 Å². The first-order valence-electron chi connectivity index (χ1n) is 7.36. The van der Waals surface area contributed by atoms with E-state index in [9.17, 15) is 5.11 Å². The molecule has 2 aliphatic carbocycles. The maximum atomic E-state index is 11.1. The van der Waals surface area contributed by atoms with Crippen molar-refractivity contribution in [1.29, 1.82) is 0 Å². The van der Waals surface area contributed by atoms with Crippen molar-refractivity contribution in [2.75, 3.05) is 0 Å². The number of allylic oxidation sites excluding steroid dienone is 2. The fourth-order valence-electron chi connectivity index (χ4n) is 4.67. The van der Waals surface area contributed by atoms with Crippen LogP contribution in [0.1, 0.15) is 66.2 Å². The van der Waals surface area contributed by atoms with Gasteiger partial charge in [0.25, 0.3) is 0 Å². The lowest BCUT2D eigenvalue weighted by Gasteiger charge is -2.54. The first-order valence-corrected chi connectivity index (χ1v) is 7.36. The van der Waals surface area contributed by atoms with Crippen molar-refractivity contribution in [2.24, 2.45) is 17.3 Å². The monoisotopic (exact) mass is 236 g/mol. The number of rotatable bonds is 3. The Morgan fingerprint density at radius 2 is 1.94 bits per heavy atom. The quantitative estimate of drug-likeness (QED) is 0.724. The van der Waals surface area contributed by atoms with Crippen LogP contribution in [0, 0.1) is 17.3 Å². The molecule has 3 atom stereocenters. The summed E-state index contributed by atoms with van der Waals surface area (Å²) in [6.07, 6.45) is 9.08. The highest BCUT2D eigenvalue weighted by Crippen LogP contribution is 2.57. The number of aliphatic hydroxyl groups is 1. The molecule has 1 nitrogen and oxygen atoms in total. The van der Waals surface area contributed by atoms with Crippen molar-refractivity contribution in [3.05, 3.63) is 11.6 Å². The minimum absolute atomic E-state index is 0.164. The van der Waals surface area contributed by atoms with Crippen LogP contribution in [0.2, 0.25) is 0 Å². The molecule has 2 bridgehead atoms. The molecule has 0 radical (unpaired) electrons. The molecule has 17 heavy (non-hydrogen) atoms. The normalized spacial score (nSPS) is 37.8. The zero-order chi connectivity index (χ0) is 12.7. The highest BCUT2D eigenvalue weighted by atomic mass is 16.3. The number of hydrogen-bond donors (Lipinski definition) is 1. The van der Waals surface area contributed by atoms with E-state index in [2.05, 4.69) is 33.8 Å². The van der Waals surface area contributed by atoms with Gasteiger partial charge in [-0.3, -0.25) is 0 Å². The average Bonchev–Trinajstić information content (AvgIpc) is 2.25. The van der Waals surface area contributed by atoms with Crippen LogP contribution in [0.25, 0.3) is 0 Å². The zero-order valence-corrected chi connectivity index (χ0v) is 11.9. The van der Waals surface area contributed by atoms with Crippen LogP contribution >= 0.6 is 0 Å². The summed E-state index contributed by atoms with van der Waals surface area (Å²) in [5.41, 5.74) is 1.33. The summed E-state index contributed by atoms with van der Waals surface area (Å²) in [6.45, 7) is 8.97. The molecule has 2 aliphatic rings. The van der Waals surface area contributed by atoms with Crippen molar-refractivity contribution < 1.29 is 5.11 Å². The van der Waals surface area contributed by atoms with E-state index in [1.165, 1.54) is 19.3 Å². The minimum Gasteiger partial charge on any atom is -0.389 e. The molecular weight excluding hydrogens is 208 g/mol. The lowest BCUT2D eigenvalue weighted by Crippen LogP contribution is -2.52. The third-order valence-corrected chi connectivity index (χ3v) is 5.31. The van der Waals surface area contributed by atoms with Crippen LogP contribution in [0.4, 0.5) is 0 Å². The summed E-state index contributed by atoms with van der Waals surface area (Å²) in [6, 6.07) is 0. The van der Waals surface area contributed by atoms with Gasteiger partial charge in [-0.15, -0.1) is 0 Å². The Morgan fingerprint density at radius 1 is 1.29 bits per heavy atom. The van der Waals surface area contributed by atoms with Crippen molar-refractivity contribution >= 4 is 0 Å². The van der Waals surface area contributed by atoms with Gasteiger partial charge in [0.2, 0.25) is 0 Å². The maximum absolute atomic E-state index is 11.1. The van der Waals surface area contributed by atoms with E-state index in [1.54, 1.807) is 5.57 Å². The van der Waals surface area contributed by atoms with E-state index < -0.39 is 5.60 Å². The highest BCUT2D eigenvalue weighted by molar-refractivity contribution is 5.20. The Labute approximate surface area is 106 Å². The second-order valence-corrected chi connectivity index (χ2v) is 6.72. The van der Waals surface area contributed by atoms with Gasteiger partial charge in [0.1, 0.15) is 0 Å². The Balaban J connectivity index is 2.38. The Morgan fingerprint density at radius 3 is 2.53 bits per heavy atom. The molecule has 1 heteroatoms. The first kappa shape index (κ1) is 13.1. The molecule has 98 valence electrons. The first-order chi connectivity index (χ1) is 7.94. The SMILES string of the molecule is CCC(O)(CC)C12CC(=CC(C)C1)CC(C)C2. The van der Waals surface area contributed by atoms with E-state index in [0.717, 1.165) is 25.2 Å². The molecule has 0 aromatic rings. The van der Waals surface area contributed by atoms with Crippen LogP contribution in [0.15, 0.2) is 11.6 Å². The van der Waals surface area contributed by atoms with Crippen molar-refractivity contribution in [3.63, 3.8) is 0 Å². The third-order valence-electron chi connectivity index (χ3n) is 5.31. The van der Waals surface area contributed by atoms with Crippen LogP contribution in [0.3, 0.4) is 0 Å². The predicted molar refractivity (Wildman–Crippen MR) is 72.8 cm³/mol. The molecule has 0 aromatic carbocycles. The van der Waals surface area contributed by atoms with Gasteiger partial charge >= 0.3 is 0 Å². The second kappa shape index (κ2) is 4.42. The highest BCUT2D eigenvalue weighted by Gasteiger charge is 2.52. The molecule has 0 saturated heterocycles. The Bertz CT molecular complexity index is 313. The maximum Gasteiger partial charge on any atom is 0.0701 e.